The smallest absolute Gasteiger partial charge is 0.113 e. The Labute approximate surface area is 402 Å². The molecular formula is C54H56N4S6. The molecule has 0 amide bonds. The van der Waals surface area contributed by atoms with Gasteiger partial charge < -0.3 is 0 Å². The fourth-order valence-electron chi connectivity index (χ4n) is 9.44. The van der Waals surface area contributed by atoms with E-state index in [2.05, 4.69) is 108 Å². The minimum atomic E-state index is 0.989. The van der Waals surface area contributed by atoms with Gasteiger partial charge in [-0.05, 0) is 84.0 Å². The molecule has 0 saturated heterocycles. The van der Waals surface area contributed by atoms with Crippen LogP contribution in [0, 0.1) is 0 Å². The zero-order valence-electron chi connectivity index (χ0n) is 37.0. The Morgan fingerprint density at radius 1 is 0.391 bits per heavy atom. The molecule has 0 aliphatic rings. The Bertz CT molecular complexity index is 2930. The summed E-state index contributed by atoms with van der Waals surface area (Å²) in [7, 11) is 0. The van der Waals surface area contributed by atoms with Crippen molar-refractivity contribution in [3.8, 4) is 40.4 Å². The van der Waals surface area contributed by atoms with Crippen LogP contribution in [0.2, 0.25) is 0 Å². The monoisotopic (exact) mass is 952 g/mol. The van der Waals surface area contributed by atoms with Gasteiger partial charge in [0.25, 0.3) is 0 Å². The van der Waals surface area contributed by atoms with E-state index in [0.717, 1.165) is 34.9 Å². The predicted octanol–water partition coefficient (Wildman–Crippen LogP) is 19.4. The summed E-state index contributed by atoms with van der Waals surface area (Å²) in [6, 6.07) is 32.3. The van der Waals surface area contributed by atoms with E-state index in [9.17, 15) is 0 Å². The first-order valence-electron chi connectivity index (χ1n) is 23.7. The Balaban J connectivity index is 0.969. The molecule has 10 heteroatoms. The van der Waals surface area contributed by atoms with Gasteiger partial charge >= 0.3 is 0 Å². The van der Waals surface area contributed by atoms with Gasteiger partial charge in [0, 0.05) is 60.6 Å². The number of nitrogens with zero attached hydrogens (tertiary/aromatic N) is 4. The highest BCUT2D eigenvalue weighted by atomic mass is 32.1. The maximum atomic E-state index is 4.73. The Morgan fingerprint density at radius 2 is 0.812 bits per heavy atom. The Morgan fingerprint density at radius 3 is 1.25 bits per heavy atom. The van der Waals surface area contributed by atoms with Crippen LogP contribution in [0.4, 0.5) is 0 Å². The largest absolute Gasteiger partial charge is 0.173 e. The average molecular weight is 953 g/mol. The second-order valence-corrected chi connectivity index (χ2v) is 22.8. The van der Waals surface area contributed by atoms with Crippen LogP contribution in [0.3, 0.4) is 0 Å². The number of aromatic nitrogens is 4. The maximum absolute atomic E-state index is 4.73. The second kappa shape index (κ2) is 20.7. The van der Waals surface area contributed by atoms with Crippen molar-refractivity contribution in [2.75, 3.05) is 0 Å². The lowest BCUT2D eigenvalue weighted by Gasteiger charge is -2.03. The number of aryl methyl sites for hydroxylation is 2. The molecule has 0 saturated carbocycles. The lowest BCUT2D eigenvalue weighted by Crippen LogP contribution is -1.86. The molecule has 0 unspecified atom stereocenters. The van der Waals surface area contributed by atoms with Gasteiger partial charge in [-0.2, -0.15) is 17.5 Å². The van der Waals surface area contributed by atoms with Crippen LogP contribution in [0.1, 0.15) is 128 Å². The number of hydrogen-bond donors (Lipinski definition) is 0. The van der Waals surface area contributed by atoms with E-state index in [1.54, 1.807) is 0 Å². The van der Waals surface area contributed by atoms with Crippen molar-refractivity contribution in [1.82, 2.24) is 17.5 Å². The molecule has 64 heavy (non-hydrogen) atoms. The first-order valence-corrected chi connectivity index (χ1v) is 28.5. The minimum absolute atomic E-state index is 0.989. The highest BCUT2D eigenvalue weighted by Crippen LogP contribution is 2.49. The van der Waals surface area contributed by atoms with E-state index in [1.165, 1.54) is 209 Å². The number of benzene rings is 4. The van der Waals surface area contributed by atoms with Crippen LogP contribution >= 0.6 is 68.8 Å². The van der Waals surface area contributed by atoms with E-state index in [1.807, 2.05) is 45.3 Å². The maximum Gasteiger partial charge on any atom is 0.113 e. The van der Waals surface area contributed by atoms with Gasteiger partial charge in [-0.15, -0.1) is 45.3 Å². The van der Waals surface area contributed by atoms with Gasteiger partial charge in [-0.1, -0.05) is 152 Å². The molecule has 0 aliphatic heterocycles. The fourth-order valence-corrected chi connectivity index (χ4v) is 15.7. The van der Waals surface area contributed by atoms with Crippen LogP contribution in [0.25, 0.3) is 93.4 Å². The molecule has 0 radical (unpaired) electrons. The van der Waals surface area contributed by atoms with Crippen molar-refractivity contribution in [3.63, 3.8) is 0 Å². The highest BCUT2D eigenvalue weighted by molar-refractivity contribution is 7.29. The summed E-state index contributed by atoms with van der Waals surface area (Å²) in [6.45, 7) is 4.60. The zero-order chi connectivity index (χ0) is 43.2. The first kappa shape index (κ1) is 44.0. The third-order valence-electron chi connectivity index (χ3n) is 12.9. The summed E-state index contributed by atoms with van der Waals surface area (Å²) in [5.74, 6) is 0. The number of fused-ring (bicyclic) bond motifs is 7. The molecule has 4 nitrogen and oxygen atoms in total. The van der Waals surface area contributed by atoms with E-state index < -0.39 is 0 Å². The summed E-state index contributed by atoms with van der Waals surface area (Å²) >= 11 is 10.5. The Hall–Kier alpha value is -3.90. The Kier molecular flexibility index (Phi) is 14.2. The standard InChI is InChI=1S/C54H56N4S6/c1-3-5-7-9-11-13-15-17-21-35-31-45(41-23-19-25-43-49(41)57-63-55-43)59-53(35)47-33-37-27-29-40-39(51(37)61-47)30-28-38-34-48(62-52(38)40)54-36(22-18-16-14-12-10-8-6-4-2)32-46(60-54)42-24-20-26-44-50(42)58-64-56-44/h19-20,23-34H,3-18,21-22H2,1-2H3. The third kappa shape index (κ3) is 9.38. The van der Waals surface area contributed by atoms with Gasteiger partial charge in [0.1, 0.15) is 22.1 Å². The number of rotatable bonds is 22. The highest BCUT2D eigenvalue weighted by Gasteiger charge is 2.21. The average Bonchev–Trinajstić information content (AvgIpc) is 4.18. The normalized spacial score (nSPS) is 12.1. The number of hydrogen-bond acceptors (Lipinski definition) is 10. The van der Waals surface area contributed by atoms with E-state index in [-0.39, 0.29) is 0 Å². The zero-order valence-corrected chi connectivity index (χ0v) is 41.9. The quantitative estimate of drug-likeness (QED) is 0.0635. The van der Waals surface area contributed by atoms with Crippen molar-refractivity contribution in [2.45, 2.75) is 129 Å². The van der Waals surface area contributed by atoms with Crippen molar-refractivity contribution in [2.24, 2.45) is 0 Å². The molecular weight excluding hydrogens is 897 g/mol. The van der Waals surface area contributed by atoms with E-state index >= 15 is 0 Å². The lowest BCUT2D eigenvalue weighted by atomic mass is 10.0. The van der Waals surface area contributed by atoms with Crippen LogP contribution in [-0.2, 0) is 12.8 Å². The SMILES string of the molecule is CCCCCCCCCCc1cc(-c2cccc3nsnc23)sc1-c1cc2ccc3c(ccc4cc(-c5sc(-c6cccc7nsnc67)cc5CCCCCCCCCC)sc43)c2s1. The molecule has 0 fully saturated rings. The summed E-state index contributed by atoms with van der Waals surface area (Å²) in [5, 5.41) is 5.40. The van der Waals surface area contributed by atoms with Gasteiger partial charge in [0.2, 0.25) is 0 Å². The first-order chi connectivity index (χ1) is 31.7. The molecule has 10 rings (SSSR count). The molecule has 4 aromatic carbocycles. The van der Waals surface area contributed by atoms with E-state index in [0.29, 0.717) is 0 Å². The summed E-state index contributed by atoms with van der Waals surface area (Å²) < 4.78 is 21.4. The summed E-state index contributed by atoms with van der Waals surface area (Å²) in [6.07, 6.45) is 23.5. The molecule has 0 bridgehead atoms. The number of unbranched alkanes of at least 4 members (excludes halogenated alkanes) is 14. The molecule has 10 aromatic rings. The van der Waals surface area contributed by atoms with Crippen molar-refractivity contribution in [1.29, 1.82) is 0 Å². The summed E-state index contributed by atoms with van der Waals surface area (Å²) in [5.41, 5.74) is 9.39. The second-order valence-electron chi connectivity index (χ2n) is 17.5. The third-order valence-corrected chi connectivity index (χ3v) is 19.2. The molecule has 328 valence electrons. The van der Waals surface area contributed by atoms with Gasteiger partial charge in [-0.25, -0.2) is 0 Å². The van der Waals surface area contributed by atoms with Crippen molar-refractivity contribution in [3.05, 3.63) is 96.1 Å². The van der Waals surface area contributed by atoms with Crippen LogP contribution in [0.15, 0.2) is 84.9 Å². The van der Waals surface area contributed by atoms with Crippen molar-refractivity contribution >= 4 is 122 Å². The van der Waals surface area contributed by atoms with Crippen molar-refractivity contribution < 1.29 is 0 Å². The molecule has 0 aliphatic carbocycles. The van der Waals surface area contributed by atoms with Gasteiger partial charge in [0.15, 0.2) is 0 Å². The minimum Gasteiger partial charge on any atom is -0.173 e. The number of thiophene rings is 4. The molecule has 0 spiro atoms. The molecule has 0 N–H and O–H groups in total. The molecule has 6 heterocycles. The fraction of sp³-hybridized carbons (Fsp3) is 0.370. The topological polar surface area (TPSA) is 51.6 Å². The van der Waals surface area contributed by atoms with Crippen LogP contribution < -0.4 is 0 Å². The summed E-state index contributed by atoms with van der Waals surface area (Å²) in [4.78, 5) is 8.21. The van der Waals surface area contributed by atoms with Crippen LogP contribution in [0.5, 0.6) is 0 Å². The lowest BCUT2D eigenvalue weighted by molar-refractivity contribution is 0.576. The van der Waals surface area contributed by atoms with Gasteiger partial charge in [-0.3, -0.25) is 0 Å². The molecule has 0 atom stereocenters. The molecule has 6 aromatic heterocycles. The van der Waals surface area contributed by atoms with Gasteiger partial charge in [0.05, 0.1) is 23.5 Å². The van der Waals surface area contributed by atoms with Crippen LogP contribution in [-0.4, -0.2) is 17.5 Å². The van der Waals surface area contributed by atoms with E-state index in [4.69, 9.17) is 8.75 Å². The predicted molar refractivity (Wildman–Crippen MR) is 287 cm³/mol.